The maximum atomic E-state index is 12.0. The quantitative estimate of drug-likeness (QED) is 0.751. The molecule has 136 valence electrons. The number of nitrogens with one attached hydrogen (secondary N) is 2. The van der Waals surface area contributed by atoms with Crippen molar-refractivity contribution in [3.63, 3.8) is 0 Å². The molecule has 1 fully saturated rings. The summed E-state index contributed by atoms with van der Waals surface area (Å²) in [6.45, 7) is 2.99. The lowest BCUT2D eigenvalue weighted by Gasteiger charge is -2.22. The molecule has 0 spiro atoms. The van der Waals surface area contributed by atoms with Gasteiger partial charge in [-0.15, -0.1) is 12.4 Å². The zero-order chi connectivity index (χ0) is 16.5. The smallest absolute Gasteiger partial charge is 0.220 e. The molecule has 1 unspecified atom stereocenters. The molecule has 0 aromatic heterocycles. The number of halogens is 1. The molecule has 1 saturated heterocycles. The summed E-state index contributed by atoms with van der Waals surface area (Å²) in [4.78, 5) is 12.0. The van der Waals surface area contributed by atoms with Crippen molar-refractivity contribution in [3.05, 3.63) is 23.8 Å². The molecule has 2 N–H and O–H groups in total. The highest BCUT2D eigenvalue weighted by atomic mass is 35.5. The number of piperidine rings is 1. The highest BCUT2D eigenvalue weighted by Crippen LogP contribution is 2.23. The van der Waals surface area contributed by atoms with Crippen LogP contribution in [0.2, 0.25) is 0 Å². The number of aryl methyl sites for hydroxylation is 1. The lowest BCUT2D eigenvalue weighted by molar-refractivity contribution is -0.121. The summed E-state index contributed by atoms with van der Waals surface area (Å²) in [5, 5.41) is 6.43. The molecular formula is C18H29ClN2O3. The van der Waals surface area contributed by atoms with E-state index in [4.69, 9.17) is 9.47 Å². The third-order valence-corrected chi connectivity index (χ3v) is 4.33. The molecule has 1 aliphatic rings. The Balaban J connectivity index is 0.00000288. The molecule has 0 bridgehead atoms. The predicted octanol–water partition coefficient (Wildman–Crippen LogP) is 2.56. The van der Waals surface area contributed by atoms with Gasteiger partial charge >= 0.3 is 0 Å². The monoisotopic (exact) mass is 356 g/mol. The Morgan fingerprint density at radius 1 is 1.25 bits per heavy atom. The highest BCUT2D eigenvalue weighted by molar-refractivity contribution is 5.85. The first-order valence-corrected chi connectivity index (χ1v) is 8.40. The Bertz CT molecular complexity index is 483. The van der Waals surface area contributed by atoms with Crippen molar-refractivity contribution in [2.45, 2.75) is 32.1 Å². The Morgan fingerprint density at radius 2 is 1.96 bits per heavy atom. The second-order valence-electron chi connectivity index (χ2n) is 6.07. The molecule has 6 heteroatoms. The summed E-state index contributed by atoms with van der Waals surface area (Å²) >= 11 is 0. The van der Waals surface area contributed by atoms with Gasteiger partial charge in [-0.25, -0.2) is 0 Å². The molecule has 1 aromatic carbocycles. The number of methoxy groups -OCH3 is 2. The zero-order valence-electron chi connectivity index (χ0n) is 14.6. The van der Waals surface area contributed by atoms with Crippen LogP contribution in [0.4, 0.5) is 0 Å². The molecule has 0 saturated carbocycles. The van der Waals surface area contributed by atoms with Crippen LogP contribution in [0.15, 0.2) is 18.2 Å². The summed E-state index contributed by atoms with van der Waals surface area (Å²) in [5.41, 5.74) is 1.05. The molecule has 24 heavy (non-hydrogen) atoms. The van der Waals surface area contributed by atoms with Gasteiger partial charge in [-0.2, -0.15) is 0 Å². The van der Waals surface area contributed by atoms with E-state index in [2.05, 4.69) is 10.6 Å². The maximum absolute atomic E-state index is 12.0. The van der Waals surface area contributed by atoms with Gasteiger partial charge in [-0.3, -0.25) is 4.79 Å². The van der Waals surface area contributed by atoms with E-state index in [1.165, 1.54) is 12.8 Å². The van der Waals surface area contributed by atoms with Gasteiger partial charge in [0.1, 0.15) is 11.5 Å². The van der Waals surface area contributed by atoms with Crippen molar-refractivity contribution < 1.29 is 14.3 Å². The third kappa shape index (κ3) is 6.97. The normalized spacial score (nSPS) is 16.8. The topological polar surface area (TPSA) is 59.6 Å². The van der Waals surface area contributed by atoms with Crippen molar-refractivity contribution in [1.82, 2.24) is 10.6 Å². The van der Waals surface area contributed by atoms with Crippen molar-refractivity contribution >= 4 is 18.3 Å². The first kappa shape index (κ1) is 20.6. The van der Waals surface area contributed by atoms with E-state index in [0.717, 1.165) is 43.1 Å². The van der Waals surface area contributed by atoms with Gasteiger partial charge in [-0.1, -0.05) is 0 Å². The number of hydrogen-bond acceptors (Lipinski definition) is 4. The Kier molecular flexibility index (Phi) is 9.57. The number of carbonyl (C=O) groups excluding carboxylic acids is 1. The van der Waals surface area contributed by atoms with E-state index < -0.39 is 0 Å². The van der Waals surface area contributed by atoms with Crippen LogP contribution in [0.5, 0.6) is 11.5 Å². The molecule has 1 atom stereocenters. The highest BCUT2D eigenvalue weighted by Gasteiger charge is 2.13. The minimum Gasteiger partial charge on any atom is -0.497 e. The molecule has 1 heterocycles. The molecule has 2 rings (SSSR count). The van der Waals surface area contributed by atoms with E-state index in [1.54, 1.807) is 14.2 Å². The zero-order valence-corrected chi connectivity index (χ0v) is 15.4. The lowest BCUT2D eigenvalue weighted by atomic mass is 9.96. The van der Waals surface area contributed by atoms with E-state index in [-0.39, 0.29) is 18.3 Å². The number of carbonyl (C=O) groups is 1. The SMILES string of the molecule is COc1cc(CCC(=O)NCCC2CCCNC2)cc(OC)c1.Cl. The second kappa shape index (κ2) is 11.2. The van der Waals surface area contributed by atoms with Gasteiger partial charge < -0.3 is 20.1 Å². The van der Waals surface area contributed by atoms with Crippen LogP contribution in [0.1, 0.15) is 31.2 Å². The summed E-state index contributed by atoms with van der Waals surface area (Å²) in [5.74, 6) is 2.32. The van der Waals surface area contributed by atoms with Crippen molar-refractivity contribution in [2.75, 3.05) is 33.9 Å². The van der Waals surface area contributed by atoms with Gasteiger partial charge in [0.05, 0.1) is 14.2 Å². The molecule has 1 amide bonds. The van der Waals surface area contributed by atoms with E-state index in [1.807, 2.05) is 18.2 Å². The average molecular weight is 357 g/mol. The third-order valence-electron chi connectivity index (χ3n) is 4.33. The number of amides is 1. The number of hydrogen-bond donors (Lipinski definition) is 2. The maximum Gasteiger partial charge on any atom is 0.220 e. The Labute approximate surface area is 150 Å². The molecule has 5 nitrogen and oxygen atoms in total. The van der Waals surface area contributed by atoms with Crippen LogP contribution in [0, 0.1) is 5.92 Å². The lowest BCUT2D eigenvalue weighted by Crippen LogP contribution is -2.33. The van der Waals surface area contributed by atoms with E-state index >= 15 is 0 Å². The van der Waals surface area contributed by atoms with Crippen LogP contribution in [0.3, 0.4) is 0 Å². The van der Waals surface area contributed by atoms with Crippen molar-refractivity contribution in [1.29, 1.82) is 0 Å². The number of benzene rings is 1. The molecule has 0 radical (unpaired) electrons. The summed E-state index contributed by atoms with van der Waals surface area (Å²) < 4.78 is 10.5. The molecular weight excluding hydrogens is 328 g/mol. The fraction of sp³-hybridized carbons (Fsp3) is 0.611. The van der Waals surface area contributed by atoms with Gasteiger partial charge in [0.2, 0.25) is 5.91 Å². The summed E-state index contributed by atoms with van der Waals surface area (Å²) in [6, 6.07) is 5.73. The van der Waals surface area contributed by atoms with Crippen LogP contribution in [0.25, 0.3) is 0 Å². The predicted molar refractivity (Wildman–Crippen MR) is 98.3 cm³/mol. The van der Waals surface area contributed by atoms with Gasteiger partial charge in [0.15, 0.2) is 0 Å². The van der Waals surface area contributed by atoms with E-state index in [0.29, 0.717) is 18.8 Å². The second-order valence-corrected chi connectivity index (χ2v) is 6.07. The van der Waals surface area contributed by atoms with Gasteiger partial charge in [-0.05, 0) is 62.4 Å². The molecule has 1 aromatic rings. The summed E-state index contributed by atoms with van der Waals surface area (Å²) in [6.07, 6.45) is 4.75. The number of ether oxygens (including phenoxy) is 2. The van der Waals surface area contributed by atoms with Gasteiger partial charge in [0.25, 0.3) is 0 Å². The van der Waals surface area contributed by atoms with E-state index in [9.17, 15) is 4.79 Å². The Morgan fingerprint density at radius 3 is 2.54 bits per heavy atom. The average Bonchev–Trinajstić information content (AvgIpc) is 2.60. The first-order chi connectivity index (χ1) is 11.2. The van der Waals surface area contributed by atoms with Crippen LogP contribution >= 0.6 is 12.4 Å². The minimum atomic E-state index is 0. The van der Waals surface area contributed by atoms with Crippen molar-refractivity contribution in [3.8, 4) is 11.5 Å². The first-order valence-electron chi connectivity index (χ1n) is 8.40. The molecule has 0 aliphatic carbocycles. The summed E-state index contributed by atoms with van der Waals surface area (Å²) in [7, 11) is 3.26. The molecule has 1 aliphatic heterocycles. The standard InChI is InChI=1S/C18H28N2O3.ClH/c1-22-16-10-15(11-17(12-16)23-2)5-6-18(21)20-9-7-14-4-3-8-19-13-14;/h10-12,14,19H,3-9,13H2,1-2H3,(H,20,21);1H. The van der Waals surface area contributed by atoms with Crippen LogP contribution in [-0.4, -0.2) is 39.8 Å². The van der Waals surface area contributed by atoms with Crippen molar-refractivity contribution in [2.24, 2.45) is 5.92 Å². The minimum absolute atomic E-state index is 0. The number of rotatable bonds is 8. The fourth-order valence-electron chi connectivity index (χ4n) is 2.94. The van der Waals surface area contributed by atoms with Crippen LogP contribution < -0.4 is 20.1 Å². The van der Waals surface area contributed by atoms with Gasteiger partial charge in [0, 0.05) is 19.0 Å². The Hall–Kier alpha value is -1.46. The van der Waals surface area contributed by atoms with Crippen LogP contribution in [-0.2, 0) is 11.2 Å². The largest absolute Gasteiger partial charge is 0.497 e. The fourth-order valence-corrected chi connectivity index (χ4v) is 2.94.